The van der Waals surface area contributed by atoms with Crippen LogP contribution in [0.3, 0.4) is 0 Å². The van der Waals surface area contributed by atoms with Crippen molar-refractivity contribution in [3.63, 3.8) is 0 Å². The maximum absolute atomic E-state index is 8.97. The van der Waals surface area contributed by atoms with Crippen molar-refractivity contribution in [2.24, 2.45) is 10.8 Å². The van der Waals surface area contributed by atoms with Crippen LogP contribution >= 0.6 is 0 Å². The molecule has 0 aliphatic rings. The van der Waals surface area contributed by atoms with Gasteiger partial charge in [-0.1, -0.05) is 34.6 Å². The summed E-state index contributed by atoms with van der Waals surface area (Å²) in [7, 11) is 0. The molecule has 1 N–H and O–H groups in total. The highest BCUT2D eigenvalue weighted by atomic mass is 16.5. The van der Waals surface area contributed by atoms with Crippen LogP contribution in [0.15, 0.2) is 0 Å². The van der Waals surface area contributed by atoms with E-state index in [1.54, 1.807) is 0 Å². The third kappa shape index (κ3) is 8.26. The minimum Gasteiger partial charge on any atom is -0.396 e. The highest BCUT2D eigenvalue weighted by Crippen LogP contribution is 2.19. The van der Waals surface area contributed by atoms with Crippen LogP contribution in [0.25, 0.3) is 0 Å². The van der Waals surface area contributed by atoms with E-state index >= 15 is 0 Å². The molecule has 0 spiro atoms. The van der Waals surface area contributed by atoms with Gasteiger partial charge in [0.1, 0.15) is 0 Å². The average molecular weight is 188 g/mol. The summed E-state index contributed by atoms with van der Waals surface area (Å²) in [6.07, 6.45) is 1.06. The first-order valence-electron chi connectivity index (χ1n) is 4.95. The van der Waals surface area contributed by atoms with Crippen molar-refractivity contribution >= 4 is 0 Å². The largest absolute Gasteiger partial charge is 0.396 e. The third-order valence-corrected chi connectivity index (χ3v) is 1.92. The van der Waals surface area contributed by atoms with Crippen LogP contribution in [0.1, 0.15) is 41.0 Å². The first-order valence-corrected chi connectivity index (χ1v) is 4.95. The fraction of sp³-hybridized carbons (Fsp3) is 1.00. The lowest BCUT2D eigenvalue weighted by molar-refractivity contribution is 0.0189. The monoisotopic (exact) mass is 188 g/mol. The third-order valence-electron chi connectivity index (χ3n) is 1.92. The smallest absolute Gasteiger partial charge is 0.0539 e. The summed E-state index contributed by atoms with van der Waals surface area (Å²) in [5.74, 6) is 0. The summed E-state index contributed by atoms with van der Waals surface area (Å²) in [6.45, 7) is 12.2. The minimum absolute atomic E-state index is 0.0993. The van der Waals surface area contributed by atoms with Crippen LogP contribution in [0, 0.1) is 10.8 Å². The van der Waals surface area contributed by atoms with E-state index in [0.29, 0.717) is 12.0 Å². The zero-order chi connectivity index (χ0) is 10.5. The molecule has 0 rings (SSSR count). The van der Waals surface area contributed by atoms with Gasteiger partial charge in [-0.25, -0.2) is 0 Å². The van der Waals surface area contributed by atoms with Crippen molar-refractivity contribution < 1.29 is 9.84 Å². The Bertz CT molecular complexity index is 134. The van der Waals surface area contributed by atoms with Gasteiger partial charge in [-0.2, -0.15) is 0 Å². The van der Waals surface area contributed by atoms with E-state index in [1.807, 2.05) is 13.8 Å². The van der Waals surface area contributed by atoms with Gasteiger partial charge in [0.2, 0.25) is 0 Å². The molecule has 2 nitrogen and oxygen atoms in total. The second kappa shape index (κ2) is 4.97. The number of rotatable bonds is 5. The van der Waals surface area contributed by atoms with Gasteiger partial charge in [0.25, 0.3) is 0 Å². The SMILES string of the molecule is CC(C)(C)CCOCC(C)(C)CO. The molecule has 0 aliphatic heterocycles. The van der Waals surface area contributed by atoms with Crippen LogP contribution < -0.4 is 0 Å². The van der Waals surface area contributed by atoms with Gasteiger partial charge in [0.15, 0.2) is 0 Å². The number of ether oxygens (including phenoxy) is 1. The maximum atomic E-state index is 8.97. The van der Waals surface area contributed by atoms with E-state index in [1.165, 1.54) is 0 Å². The summed E-state index contributed by atoms with van der Waals surface area (Å²) in [4.78, 5) is 0. The predicted octanol–water partition coefficient (Wildman–Crippen LogP) is 2.46. The minimum atomic E-state index is -0.0993. The summed E-state index contributed by atoms with van der Waals surface area (Å²) in [6, 6.07) is 0. The first-order chi connectivity index (χ1) is 5.77. The highest BCUT2D eigenvalue weighted by molar-refractivity contribution is 4.66. The molecule has 0 radical (unpaired) electrons. The van der Waals surface area contributed by atoms with Gasteiger partial charge < -0.3 is 9.84 Å². The Morgan fingerprint density at radius 1 is 1.08 bits per heavy atom. The van der Waals surface area contributed by atoms with Crippen molar-refractivity contribution in [2.75, 3.05) is 19.8 Å². The van der Waals surface area contributed by atoms with E-state index in [4.69, 9.17) is 9.84 Å². The van der Waals surface area contributed by atoms with E-state index in [9.17, 15) is 0 Å². The zero-order valence-corrected chi connectivity index (χ0v) is 9.68. The lowest BCUT2D eigenvalue weighted by atomic mass is 9.93. The molecule has 0 unspecified atom stereocenters. The van der Waals surface area contributed by atoms with Gasteiger partial charge in [-0.15, -0.1) is 0 Å². The van der Waals surface area contributed by atoms with Crippen LogP contribution in [0.5, 0.6) is 0 Å². The Labute approximate surface area is 82.3 Å². The second-order valence-corrected chi connectivity index (χ2v) is 5.69. The molecule has 0 fully saturated rings. The van der Waals surface area contributed by atoms with Crippen LogP contribution in [0.4, 0.5) is 0 Å². The van der Waals surface area contributed by atoms with E-state index in [2.05, 4.69) is 20.8 Å². The van der Waals surface area contributed by atoms with Crippen LogP contribution in [0.2, 0.25) is 0 Å². The Kier molecular flexibility index (Phi) is 4.93. The number of aliphatic hydroxyl groups excluding tert-OH is 1. The van der Waals surface area contributed by atoms with Gasteiger partial charge in [-0.3, -0.25) is 0 Å². The first kappa shape index (κ1) is 12.9. The molecule has 0 aliphatic carbocycles. The number of aliphatic hydroxyl groups is 1. The van der Waals surface area contributed by atoms with Crippen LogP contribution in [-0.2, 0) is 4.74 Å². The Hall–Kier alpha value is -0.0800. The van der Waals surface area contributed by atoms with Gasteiger partial charge >= 0.3 is 0 Å². The summed E-state index contributed by atoms with van der Waals surface area (Å²) >= 11 is 0. The molecular formula is C11H24O2. The fourth-order valence-electron chi connectivity index (χ4n) is 0.772. The number of hydrogen-bond donors (Lipinski definition) is 1. The second-order valence-electron chi connectivity index (χ2n) is 5.69. The molecule has 0 heterocycles. The van der Waals surface area contributed by atoms with E-state index in [0.717, 1.165) is 13.0 Å². The molecule has 0 atom stereocenters. The quantitative estimate of drug-likeness (QED) is 0.672. The highest BCUT2D eigenvalue weighted by Gasteiger charge is 2.17. The lowest BCUT2D eigenvalue weighted by Crippen LogP contribution is -2.24. The molecule has 0 aromatic carbocycles. The Balaban J connectivity index is 3.47. The van der Waals surface area contributed by atoms with E-state index in [-0.39, 0.29) is 12.0 Å². The van der Waals surface area contributed by atoms with Crippen molar-refractivity contribution in [3.8, 4) is 0 Å². The van der Waals surface area contributed by atoms with Gasteiger partial charge in [0, 0.05) is 12.0 Å². The summed E-state index contributed by atoms with van der Waals surface area (Å²) in [5, 5.41) is 8.97. The normalized spacial score (nSPS) is 13.4. The summed E-state index contributed by atoms with van der Waals surface area (Å²) < 4.78 is 5.51. The molecule has 0 aromatic heterocycles. The Morgan fingerprint density at radius 3 is 2.00 bits per heavy atom. The molecular weight excluding hydrogens is 164 g/mol. The Morgan fingerprint density at radius 2 is 1.62 bits per heavy atom. The summed E-state index contributed by atoms with van der Waals surface area (Å²) in [5.41, 5.74) is 0.237. The van der Waals surface area contributed by atoms with Crippen LogP contribution in [-0.4, -0.2) is 24.9 Å². The van der Waals surface area contributed by atoms with Gasteiger partial charge in [-0.05, 0) is 11.8 Å². The van der Waals surface area contributed by atoms with Crippen molar-refractivity contribution in [1.82, 2.24) is 0 Å². The van der Waals surface area contributed by atoms with Crippen molar-refractivity contribution in [2.45, 2.75) is 41.0 Å². The standard InChI is InChI=1S/C11H24O2/c1-10(2,3)6-7-13-9-11(4,5)8-12/h12H,6-9H2,1-5H3. The molecule has 0 saturated heterocycles. The molecule has 13 heavy (non-hydrogen) atoms. The zero-order valence-electron chi connectivity index (χ0n) is 9.68. The molecule has 2 heteroatoms. The lowest BCUT2D eigenvalue weighted by Gasteiger charge is -2.23. The molecule has 0 amide bonds. The maximum Gasteiger partial charge on any atom is 0.0539 e. The fourth-order valence-corrected chi connectivity index (χ4v) is 0.772. The average Bonchev–Trinajstić information content (AvgIpc) is 1.97. The molecule has 80 valence electrons. The predicted molar refractivity (Wildman–Crippen MR) is 55.8 cm³/mol. The molecule has 0 aromatic rings. The molecule has 0 saturated carbocycles. The van der Waals surface area contributed by atoms with Gasteiger partial charge in [0.05, 0.1) is 13.2 Å². The van der Waals surface area contributed by atoms with Crippen molar-refractivity contribution in [3.05, 3.63) is 0 Å². The van der Waals surface area contributed by atoms with E-state index < -0.39 is 0 Å². The van der Waals surface area contributed by atoms with Crippen molar-refractivity contribution in [1.29, 1.82) is 0 Å². The topological polar surface area (TPSA) is 29.5 Å². The number of hydrogen-bond acceptors (Lipinski definition) is 2. The molecule has 0 bridgehead atoms.